The van der Waals surface area contributed by atoms with Crippen LogP contribution in [0.2, 0.25) is 0 Å². The lowest BCUT2D eigenvalue weighted by molar-refractivity contribution is -0.143. The maximum Gasteiger partial charge on any atom is 0.305 e. The van der Waals surface area contributed by atoms with E-state index in [-0.39, 0.29) is 23.9 Å². The molecule has 0 bridgehead atoms. The van der Waals surface area contributed by atoms with Crippen molar-refractivity contribution in [1.29, 1.82) is 0 Å². The summed E-state index contributed by atoms with van der Waals surface area (Å²) in [6.45, 7) is 5.63. The molecule has 0 aromatic carbocycles. The van der Waals surface area contributed by atoms with Gasteiger partial charge in [-0.15, -0.1) is 0 Å². The Morgan fingerprint density at radius 1 is 1.40 bits per heavy atom. The van der Waals surface area contributed by atoms with Crippen LogP contribution in [0.25, 0.3) is 0 Å². The molecule has 0 saturated carbocycles. The third kappa shape index (κ3) is 5.74. The second-order valence-corrected chi connectivity index (χ2v) is 4.49. The first-order valence-electron chi connectivity index (χ1n) is 5.12. The number of hydrogen-bond donors (Lipinski definition) is 1. The van der Waals surface area contributed by atoms with Crippen LogP contribution in [0.5, 0.6) is 0 Å². The Hall–Kier alpha value is -0.610. The molecular weight excluding hydrogens is 196 g/mol. The predicted octanol–water partition coefficient (Wildman–Crippen LogP) is 1.36. The first kappa shape index (κ1) is 14.4. The molecule has 15 heavy (non-hydrogen) atoms. The summed E-state index contributed by atoms with van der Waals surface area (Å²) in [4.78, 5) is 11.0. The molecule has 2 atom stereocenters. The summed E-state index contributed by atoms with van der Waals surface area (Å²) in [5.74, 6) is -0.413. The van der Waals surface area contributed by atoms with Crippen LogP contribution < -0.4 is 0 Å². The molecule has 0 spiro atoms. The molecule has 0 aliphatic rings. The van der Waals surface area contributed by atoms with Crippen molar-refractivity contribution >= 4 is 5.97 Å². The summed E-state index contributed by atoms with van der Waals surface area (Å²) in [5.41, 5.74) is -0.371. The molecule has 0 radical (unpaired) electrons. The van der Waals surface area contributed by atoms with Gasteiger partial charge in [0.1, 0.15) is 0 Å². The zero-order valence-electron chi connectivity index (χ0n) is 10.2. The van der Waals surface area contributed by atoms with Crippen LogP contribution in [0.15, 0.2) is 0 Å². The summed E-state index contributed by atoms with van der Waals surface area (Å²) >= 11 is 0. The number of esters is 1. The Bertz CT molecular complexity index is 201. The van der Waals surface area contributed by atoms with Crippen LogP contribution in [-0.4, -0.2) is 37.0 Å². The highest BCUT2D eigenvalue weighted by Gasteiger charge is 2.26. The van der Waals surface area contributed by atoms with Crippen molar-refractivity contribution in [3.63, 3.8) is 0 Å². The predicted molar refractivity (Wildman–Crippen MR) is 57.5 cm³/mol. The summed E-state index contributed by atoms with van der Waals surface area (Å²) in [7, 11) is 2.96. The largest absolute Gasteiger partial charge is 0.469 e. The highest BCUT2D eigenvalue weighted by Crippen LogP contribution is 2.21. The molecule has 0 aromatic rings. The molecule has 0 rings (SSSR count). The monoisotopic (exact) mass is 218 g/mol. The topological polar surface area (TPSA) is 55.8 Å². The zero-order valence-corrected chi connectivity index (χ0v) is 10.2. The van der Waals surface area contributed by atoms with Gasteiger partial charge in [-0.3, -0.25) is 4.79 Å². The van der Waals surface area contributed by atoms with E-state index in [9.17, 15) is 9.90 Å². The Balaban J connectivity index is 4.09. The fourth-order valence-corrected chi connectivity index (χ4v) is 1.27. The molecule has 0 aliphatic carbocycles. The Morgan fingerprint density at radius 3 is 2.33 bits per heavy atom. The average Bonchev–Trinajstić information content (AvgIpc) is 2.16. The smallest absolute Gasteiger partial charge is 0.305 e. The van der Waals surface area contributed by atoms with E-state index in [0.29, 0.717) is 6.42 Å². The maximum atomic E-state index is 11.0. The molecule has 0 aliphatic heterocycles. The third-order valence-electron chi connectivity index (χ3n) is 2.63. The van der Waals surface area contributed by atoms with Crippen LogP contribution in [0.3, 0.4) is 0 Å². The van der Waals surface area contributed by atoms with Gasteiger partial charge in [-0.05, 0) is 19.8 Å². The molecule has 0 heterocycles. The minimum atomic E-state index is -0.556. The van der Waals surface area contributed by atoms with Crippen LogP contribution in [0.1, 0.15) is 33.6 Å². The molecule has 90 valence electrons. The first-order chi connectivity index (χ1) is 6.82. The third-order valence-corrected chi connectivity index (χ3v) is 2.63. The van der Waals surface area contributed by atoms with Gasteiger partial charge >= 0.3 is 5.97 Å². The van der Waals surface area contributed by atoms with Gasteiger partial charge < -0.3 is 14.6 Å². The lowest BCUT2D eigenvalue weighted by Crippen LogP contribution is -2.33. The van der Waals surface area contributed by atoms with Crippen LogP contribution in [0, 0.1) is 5.92 Å². The molecule has 4 nitrogen and oxygen atoms in total. The highest BCUT2D eigenvalue weighted by molar-refractivity contribution is 5.69. The minimum Gasteiger partial charge on any atom is -0.469 e. The summed E-state index contributed by atoms with van der Waals surface area (Å²) < 4.78 is 9.76. The Labute approximate surface area is 91.6 Å². The molecule has 4 heteroatoms. The quantitative estimate of drug-likeness (QED) is 0.684. The van der Waals surface area contributed by atoms with E-state index >= 15 is 0 Å². The molecule has 1 N–H and O–H groups in total. The molecule has 0 aromatic heterocycles. The van der Waals surface area contributed by atoms with Crippen molar-refractivity contribution in [3.05, 3.63) is 0 Å². The van der Waals surface area contributed by atoms with Crippen molar-refractivity contribution in [1.82, 2.24) is 0 Å². The lowest BCUT2D eigenvalue weighted by Gasteiger charge is -2.28. The standard InChI is InChI=1S/C11H22O4/c1-8(6-10(13)14-4)9(12)7-11(2,3)15-5/h8-9,12H,6-7H2,1-5H3. The van der Waals surface area contributed by atoms with Gasteiger partial charge in [0.05, 0.1) is 25.2 Å². The minimum absolute atomic E-state index is 0.119. The van der Waals surface area contributed by atoms with Gasteiger partial charge in [0.2, 0.25) is 0 Å². The number of ether oxygens (including phenoxy) is 2. The van der Waals surface area contributed by atoms with E-state index in [4.69, 9.17) is 4.74 Å². The fourth-order valence-electron chi connectivity index (χ4n) is 1.27. The van der Waals surface area contributed by atoms with Gasteiger partial charge in [-0.25, -0.2) is 0 Å². The maximum absolute atomic E-state index is 11.0. The molecular formula is C11H22O4. The van der Waals surface area contributed by atoms with Gasteiger partial charge in [0.25, 0.3) is 0 Å². The molecule has 0 amide bonds. The van der Waals surface area contributed by atoms with Crippen LogP contribution in [-0.2, 0) is 14.3 Å². The number of carbonyl (C=O) groups excluding carboxylic acids is 1. The van der Waals surface area contributed by atoms with E-state index in [1.165, 1.54) is 7.11 Å². The van der Waals surface area contributed by atoms with Crippen LogP contribution in [0.4, 0.5) is 0 Å². The number of carbonyl (C=O) groups is 1. The van der Waals surface area contributed by atoms with Crippen molar-refractivity contribution in [3.8, 4) is 0 Å². The summed E-state index contributed by atoms with van der Waals surface area (Å²) in [6.07, 6.45) is 0.179. The molecule has 0 fully saturated rings. The van der Waals surface area contributed by atoms with Gasteiger partial charge in [0, 0.05) is 13.5 Å². The number of methoxy groups -OCH3 is 2. The van der Waals surface area contributed by atoms with Gasteiger partial charge in [0.15, 0.2) is 0 Å². The van der Waals surface area contributed by atoms with E-state index < -0.39 is 6.10 Å². The van der Waals surface area contributed by atoms with Crippen molar-refractivity contribution in [2.75, 3.05) is 14.2 Å². The summed E-state index contributed by atoms with van der Waals surface area (Å²) in [5, 5.41) is 9.84. The number of aliphatic hydroxyl groups is 1. The van der Waals surface area contributed by atoms with Crippen molar-refractivity contribution < 1.29 is 19.4 Å². The number of hydrogen-bond acceptors (Lipinski definition) is 4. The van der Waals surface area contributed by atoms with E-state index in [1.54, 1.807) is 7.11 Å². The summed E-state index contributed by atoms with van der Waals surface area (Å²) in [6, 6.07) is 0. The second kappa shape index (κ2) is 6.08. The molecule has 2 unspecified atom stereocenters. The van der Waals surface area contributed by atoms with Crippen molar-refractivity contribution in [2.45, 2.75) is 45.3 Å². The fraction of sp³-hybridized carbons (Fsp3) is 0.909. The number of aliphatic hydroxyl groups excluding tert-OH is 1. The van der Waals surface area contributed by atoms with Crippen molar-refractivity contribution in [2.24, 2.45) is 5.92 Å². The molecule has 0 saturated heterocycles. The Kier molecular flexibility index (Phi) is 5.83. The second-order valence-electron chi connectivity index (χ2n) is 4.49. The zero-order chi connectivity index (χ0) is 12.1. The normalized spacial score (nSPS) is 15.9. The van der Waals surface area contributed by atoms with Gasteiger partial charge in [-0.1, -0.05) is 6.92 Å². The van der Waals surface area contributed by atoms with E-state index in [1.807, 2.05) is 20.8 Å². The number of rotatable bonds is 6. The van der Waals surface area contributed by atoms with Crippen LogP contribution >= 0.6 is 0 Å². The Morgan fingerprint density at radius 2 is 1.93 bits per heavy atom. The lowest BCUT2D eigenvalue weighted by atomic mass is 9.91. The highest BCUT2D eigenvalue weighted by atomic mass is 16.5. The average molecular weight is 218 g/mol. The first-order valence-corrected chi connectivity index (χ1v) is 5.12. The van der Waals surface area contributed by atoms with E-state index in [2.05, 4.69) is 4.74 Å². The van der Waals surface area contributed by atoms with E-state index in [0.717, 1.165) is 0 Å². The SMILES string of the molecule is COC(=O)CC(C)C(O)CC(C)(C)OC. The van der Waals surface area contributed by atoms with Gasteiger partial charge in [-0.2, -0.15) is 0 Å².